The molecule has 1 aromatic heterocycles. The molecule has 1 heterocycles. The fourth-order valence-electron chi connectivity index (χ4n) is 1.99. The van der Waals surface area contributed by atoms with Gasteiger partial charge in [-0.1, -0.05) is 44.2 Å². The summed E-state index contributed by atoms with van der Waals surface area (Å²) in [5.41, 5.74) is 1.00. The fraction of sp³-hybridized carbons (Fsp3) is 0.500. The average molecular weight is 259 g/mol. The minimum Gasteiger partial charge on any atom is -0.312 e. The Morgan fingerprint density at radius 1 is 1.16 bits per heavy atom. The van der Waals surface area contributed by atoms with Crippen molar-refractivity contribution in [1.82, 2.24) is 25.5 Å². The highest BCUT2D eigenvalue weighted by Crippen LogP contribution is 2.11. The Bertz CT molecular complexity index is 476. The summed E-state index contributed by atoms with van der Waals surface area (Å²) in [5, 5.41) is 16.0. The molecule has 1 aromatic carbocycles. The van der Waals surface area contributed by atoms with Crippen LogP contribution in [-0.4, -0.2) is 32.8 Å². The molecule has 0 spiro atoms. The van der Waals surface area contributed by atoms with Crippen molar-refractivity contribution in [3.63, 3.8) is 0 Å². The predicted molar refractivity (Wildman–Crippen MR) is 75.6 cm³/mol. The van der Waals surface area contributed by atoms with Crippen molar-refractivity contribution >= 4 is 0 Å². The Hall–Kier alpha value is -1.75. The van der Waals surface area contributed by atoms with Gasteiger partial charge in [-0.15, -0.1) is 10.2 Å². The van der Waals surface area contributed by atoms with Crippen LogP contribution in [0.4, 0.5) is 0 Å². The van der Waals surface area contributed by atoms with E-state index in [1.807, 2.05) is 30.3 Å². The SMILES string of the molecule is CCC(CC)NCCn1nnc(-c2ccccc2)n1. The number of aromatic nitrogens is 4. The summed E-state index contributed by atoms with van der Waals surface area (Å²) >= 11 is 0. The normalized spacial score (nSPS) is 11.1. The predicted octanol–water partition coefficient (Wildman–Crippen LogP) is 2.12. The monoisotopic (exact) mass is 259 g/mol. The summed E-state index contributed by atoms with van der Waals surface area (Å²) in [6, 6.07) is 10.5. The number of nitrogens with zero attached hydrogens (tertiary/aromatic N) is 4. The molecule has 19 heavy (non-hydrogen) atoms. The highest BCUT2D eigenvalue weighted by molar-refractivity contribution is 5.52. The summed E-state index contributed by atoms with van der Waals surface area (Å²) < 4.78 is 0. The van der Waals surface area contributed by atoms with Crippen molar-refractivity contribution in [3.8, 4) is 11.4 Å². The van der Waals surface area contributed by atoms with Gasteiger partial charge in [-0.2, -0.15) is 4.80 Å². The molecule has 1 N–H and O–H groups in total. The van der Waals surface area contributed by atoms with Crippen LogP contribution < -0.4 is 5.32 Å². The molecule has 0 unspecified atom stereocenters. The lowest BCUT2D eigenvalue weighted by molar-refractivity contribution is 0.431. The van der Waals surface area contributed by atoms with Crippen molar-refractivity contribution in [2.75, 3.05) is 6.54 Å². The highest BCUT2D eigenvalue weighted by atomic mass is 15.6. The van der Waals surface area contributed by atoms with Gasteiger partial charge in [0.1, 0.15) is 0 Å². The van der Waals surface area contributed by atoms with E-state index in [9.17, 15) is 0 Å². The summed E-state index contributed by atoms with van der Waals surface area (Å²) in [6.07, 6.45) is 2.30. The van der Waals surface area contributed by atoms with Crippen LogP contribution in [0.1, 0.15) is 26.7 Å². The molecule has 2 aromatic rings. The number of benzene rings is 1. The van der Waals surface area contributed by atoms with Crippen LogP contribution in [0.2, 0.25) is 0 Å². The molecule has 5 nitrogen and oxygen atoms in total. The van der Waals surface area contributed by atoms with Gasteiger partial charge in [0.25, 0.3) is 0 Å². The summed E-state index contributed by atoms with van der Waals surface area (Å²) in [6.45, 7) is 6.01. The molecular formula is C14H21N5. The Morgan fingerprint density at radius 2 is 1.89 bits per heavy atom. The van der Waals surface area contributed by atoms with E-state index >= 15 is 0 Å². The van der Waals surface area contributed by atoms with Crippen molar-refractivity contribution in [3.05, 3.63) is 30.3 Å². The van der Waals surface area contributed by atoms with E-state index in [4.69, 9.17) is 0 Å². The van der Waals surface area contributed by atoms with Gasteiger partial charge in [-0.25, -0.2) is 0 Å². The smallest absolute Gasteiger partial charge is 0.204 e. The zero-order chi connectivity index (χ0) is 13.5. The lowest BCUT2D eigenvalue weighted by Gasteiger charge is -2.13. The molecule has 0 fully saturated rings. The van der Waals surface area contributed by atoms with E-state index in [2.05, 4.69) is 34.6 Å². The fourth-order valence-corrected chi connectivity index (χ4v) is 1.99. The topological polar surface area (TPSA) is 55.6 Å². The number of tetrazole rings is 1. The van der Waals surface area contributed by atoms with E-state index in [-0.39, 0.29) is 0 Å². The molecule has 0 aliphatic carbocycles. The van der Waals surface area contributed by atoms with Gasteiger partial charge in [0.2, 0.25) is 5.82 Å². The maximum atomic E-state index is 4.38. The van der Waals surface area contributed by atoms with Gasteiger partial charge in [0.05, 0.1) is 6.54 Å². The second-order valence-corrected chi connectivity index (χ2v) is 4.54. The van der Waals surface area contributed by atoms with Gasteiger partial charge in [0, 0.05) is 18.2 Å². The molecular weight excluding hydrogens is 238 g/mol. The second-order valence-electron chi connectivity index (χ2n) is 4.54. The Morgan fingerprint density at radius 3 is 2.58 bits per heavy atom. The van der Waals surface area contributed by atoms with Gasteiger partial charge in [-0.05, 0) is 18.1 Å². The maximum absolute atomic E-state index is 4.38. The molecule has 0 aliphatic rings. The van der Waals surface area contributed by atoms with E-state index in [0.717, 1.165) is 31.5 Å². The Labute approximate surface area is 114 Å². The van der Waals surface area contributed by atoms with E-state index in [1.54, 1.807) is 4.80 Å². The lowest BCUT2D eigenvalue weighted by Crippen LogP contribution is -2.31. The van der Waals surface area contributed by atoms with E-state index in [1.165, 1.54) is 0 Å². The van der Waals surface area contributed by atoms with Gasteiger partial charge >= 0.3 is 0 Å². The minimum absolute atomic E-state index is 0.581. The van der Waals surface area contributed by atoms with Crippen LogP contribution in [-0.2, 0) is 6.54 Å². The number of nitrogens with one attached hydrogen (secondary N) is 1. The quantitative estimate of drug-likeness (QED) is 0.827. The Kier molecular flexibility index (Phi) is 5.03. The molecule has 2 rings (SSSR count). The van der Waals surface area contributed by atoms with Crippen LogP contribution >= 0.6 is 0 Å². The van der Waals surface area contributed by atoms with Crippen molar-refractivity contribution in [2.24, 2.45) is 0 Å². The first-order valence-corrected chi connectivity index (χ1v) is 6.90. The third kappa shape index (κ3) is 3.86. The van der Waals surface area contributed by atoms with Crippen LogP contribution in [0.15, 0.2) is 30.3 Å². The van der Waals surface area contributed by atoms with E-state index < -0.39 is 0 Å². The largest absolute Gasteiger partial charge is 0.312 e. The molecule has 0 saturated heterocycles. The molecule has 0 saturated carbocycles. The summed E-state index contributed by atoms with van der Waals surface area (Å²) in [4.78, 5) is 1.65. The molecule has 0 atom stereocenters. The first-order valence-electron chi connectivity index (χ1n) is 6.90. The number of hydrogen-bond acceptors (Lipinski definition) is 4. The third-order valence-electron chi connectivity index (χ3n) is 3.22. The minimum atomic E-state index is 0.581. The van der Waals surface area contributed by atoms with Crippen LogP contribution in [0.25, 0.3) is 11.4 Å². The van der Waals surface area contributed by atoms with Crippen molar-refractivity contribution < 1.29 is 0 Å². The first kappa shape index (κ1) is 13.7. The zero-order valence-electron chi connectivity index (χ0n) is 11.6. The standard InChI is InChI=1S/C14H21N5/c1-3-13(4-2)15-10-11-19-17-14(16-18-19)12-8-6-5-7-9-12/h5-9,13,15H,3-4,10-11H2,1-2H3. The molecule has 102 valence electrons. The summed E-state index contributed by atoms with van der Waals surface area (Å²) in [7, 11) is 0. The zero-order valence-corrected chi connectivity index (χ0v) is 11.6. The van der Waals surface area contributed by atoms with Gasteiger partial charge < -0.3 is 5.32 Å². The maximum Gasteiger partial charge on any atom is 0.204 e. The van der Waals surface area contributed by atoms with Crippen molar-refractivity contribution in [1.29, 1.82) is 0 Å². The molecule has 5 heteroatoms. The third-order valence-corrected chi connectivity index (χ3v) is 3.22. The molecule has 0 aliphatic heterocycles. The molecule has 0 amide bonds. The van der Waals surface area contributed by atoms with Crippen LogP contribution in [0, 0.1) is 0 Å². The number of rotatable bonds is 7. The van der Waals surface area contributed by atoms with Gasteiger partial charge in [-0.3, -0.25) is 0 Å². The second kappa shape index (κ2) is 6.99. The average Bonchev–Trinajstić information content (AvgIpc) is 2.93. The Balaban J connectivity index is 1.88. The highest BCUT2D eigenvalue weighted by Gasteiger charge is 2.06. The first-order chi connectivity index (χ1) is 9.33. The lowest BCUT2D eigenvalue weighted by atomic mass is 10.2. The molecule has 0 radical (unpaired) electrons. The summed E-state index contributed by atoms with van der Waals surface area (Å²) in [5.74, 6) is 0.683. The van der Waals surface area contributed by atoms with Crippen LogP contribution in [0.3, 0.4) is 0 Å². The van der Waals surface area contributed by atoms with E-state index in [0.29, 0.717) is 11.9 Å². The molecule has 0 bridgehead atoms. The van der Waals surface area contributed by atoms with Gasteiger partial charge in [0.15, 0.2) is 0 Å². The van der Waals surface area contributed by atoms with Crippen LogP contribution in [0.5, 0.6) is 0 Å². The van der Waals surface area contributed by atoms with Crippen molar-refractivity contribution in [2.45, 2.75) is 39.3 Å². The number of hydrogen-bond donors (Lipinski definition) is 1.